The summed E-state index contributed by atoms with van der Waals surface area (Å²) in [6.07, 6.45) is 3.85. The van der Waals surface area contributed by atoms with Crippen molar-refractivity contribution in [3.63, 3.8) is 0 Å². The number of aliphatic hydroxyl groups excluding tert-OH is 1. The Balaban J connectivity index is 1.54. The van der Waals surface area contributed by atoms with E-state index in [9.17, 15) is 5.11 Å². The average molecular weight is 298 g/mol. The van der Waals surface area contributed by atoms with E-state index in [1.807, 2.05) is 42.5 Å². The van der Waals surface area contributed by atoms with Crippen molar-refractivity contribution in [1.82, 2.24) is 4.98 Å². The number of nitrogens with zero attached hydrogens (tertiary/aromatic N) is 2. The third-order valence-corrected chi connectivity index (χ3v) is 4.17. The van der Waals surface area contributed by atoms with Crippen LogP contribution in [0.1, 0.15) is 18.4 Å². The number of hydrogen-bond donors (Lipinski definition) is 1. The Labute approximate surface area is 131 Å². The van der Waals surface area contributed by atoms with Gasteiger partial charge in [0.25, 0.3) is 0 Å². The molecule has 1 aliphatic rings. The maximum absolute atomic E-state index is 9.19. The monoisotopic (exact) mass is 298 g/mol. The van der Waals surface area contributed by atoms with Gasteiger partial charge in [-0.2, -0.15) is 0 Å². The number of aliphatic hydroxyl groups is 1. The van der Waals surface area contributed by atoms with Crippen LogP contribution in [0, 0.1) is 5.92 Å². The fourth-order valence-corrected chi connectivity index (χ4v) is 2.73. The largest absolute Gasteiger partial charge is 0.487 e. The summed E-state index contributed by atoms with van der Waals surface area (Å²) in [4.78, 5) is 6.77. The number of pyridine rings is 1. The molecule has 1 N–H and O–H groups in total. The van der Waals surface area contributed by atoms with Crippen LogP contribution < -0.4 is 9.64 Å². The summed E-state index contributed by atoms with van der Waals surface area (Å²) in [5.41, 5.74) is 1.15. The molecule has 116 valence electrons. The van der Waals surface area contributed by atoms with Crippen LogP contribution in [0.15, 0.2) is 48.7 Å². The third kappa shape index (κ3) is 3.77. The standard InChI is InChI=1S/C18H22N2O2/c21-13-15-8-10-20(11-9-15)18-7-6-17(12-19-18)22-14-16-4-2-1-3-5-16/h1-7,12,15,21H,8-11,13-14H2. The van der Waals surface area contributed by atoms with Gasteiger partial charge in [0, 0.05) is 19.7 Å². The quantitative estimate of drug-likeness (QED) is 0.922. The molecular weight excluding hydrogens is 276 g/mol. The first-order chi connectivity index (χ1) is 10.8. The van der Waals surface area contributed by atoms with Gasteiger partial charge in [-0.3, -0.25) is 0 Å². The van der Waals surface area contributed by atoms with Gasteiger partial charge >= 0.3 is 0 Å². The SMILES string of the molecule is OCC1CCN(c2ccc(OCc3ccccc3)cn2)CC1. The van der Waals surface area contributed by atoms with Gasteiger partial charge in [-0.15, -0.1) is 0 Å². The molecular formula is C18H22N2O2. The smallest absolute Gasteiger partial charge is 0.138 e. The van der Waals surface area contributed by atoms with Gasteiger partial charge in [-0.25, -0.2) is 4.98 Å². The van der Waals surface area contributed by atoms with E-state index >= 15 is 0 Å². The number of rotatable bonds is 5. The number of benzene rings is 1. The van der Waals surface area contributed by atoms with Gasteiger partial charge in [0.2, 0.25) is 0 Å². The molecule has 0 saturated carbocycles. The molecule has 0 bridgehead atoms. The molecule has 4 nitrogen and oxygen atoms in total. The van der Waals surface area contributed by atoms with E-state index in [0.717, 1.165) is 43.1 Å². The highest BCUT2D eigenvalue weighted by molar-refractivity contribution is 5.41. The van der Waals surface area contributed by atoms with E-state index in [1.54, 1.807) is 6.20 Å². The Bertz CT molecular complexity index is 563. The van der Waals surface area contributed by atoms with Crippen LogP contribution in [-0.4, -0.2) is 29.8 Å². The summed E-state index contributed by atoms with van der Waals surface area (Å²) in [6, 6.07) is 14.1. The molecule has 2 aromatic rings. The highest BCUT2D eigenvalue weighted by atomic mass is 16.5. The molecule has 0 amide bonds. The molecule has 1 aliphatic heterocycles. The molecule has 3 rings (SSSR count). The predicted molar refractivity (Wildman–Crippen MR) is 87.0 cm³/mol. The van der Waals surface area contributed by atoms with Crippen LogP contribution in [0.2, 0.25) is 0 Å². The zero-order chi connectivity index (χ0) is 15.2. The van der Waals surface area contributed by atoms with Crippen LogP contribution in [0.25, 0.3) is 0 Å². The second-order valence-electron chi connectivity index (χ2n) is 5.74. The van der Waals surface area contributed by atoms with Crippen LogP contribution in [-0.2, 0) is 6.61 Å². The molecule has 22 heavy (non-hydrogen) atoms. The Hall–Kier alpha value is -2.07. The molecule has 1 fully saturated rings. The highest BCUT2D eigenvalue weighted by Crippen LogP contribution is 2.23. The molecule has 1 saturated heterocycles. The number of hydrogen-bond acceptors (Lipinski definition) is 4. The lowest BCUT2D eigenvalue weighted by atomic mass is 9.98. The average Bonchev–Trinajstić information content (AvgIpc) is 2.61. The minimum Gasteiger partial charge on any atom is -0.487 e. The predicted octanol–water partition coefficient (Wildman–Crippen LogP) is 2.87. The fourth-order valence-electron chi connectivity index (χ4n) is 2.73. The maximum atomic E-state index is 9.19. The number of aromatic nitrogens is 1. The first kappa shape index (κ1) is 14.9. The molecule has 0 radical (unpaired) electrons. The lowest BCUT2D eigenvalue weighted by Gasteiger charge is -2.31. The summed E-state index contributed by atoms with van der Waals surface area (Å²) in [7, 11) is 0. The van der Waals surface area contributed by atoms with Crippen molar-refractivity contribution in [2.75, 3.05) is 24.6 Å². The van der Waals surface area contributed by atoms with E-state index in [4.69, 9.17) is 4.74 Å². The highest BCUT2D eigenvalue weighted by Gasteiger charge is 2.19. The minimum absolute atomic E-state index is 0.299. The summed E-state index contributed by atoms with van der Waals surface area (Å²) < 4.78 is 5.75. The Kier molecular flexibility index (Phi) is 4.91. The van der Waals surface area contributed by atoms with Crippen molar-refractivity contribution in [2.24, 2.45) is 5.92 Å². The van der Waals surface area contributed by atoms with Gasteiger partial charge in [-0.05, 0) is 36.5 Å². The van der Waals surface area contributed by atoms with Crippen LogP contribution >= 0.6 is 0 Å². The normalized spacial score (nSPS) is 15.8. The summed E-state index contributed by atoms with van der Waals surface area (Å²) in [5.74, 6) is 2.23. The molecule has 0 aliphatic carbocycles. The third-order valence-electron chi connectivity index (χ3n) is 4.17. The van der Waals surface area contributed by atoms with E-state index < -0.39 is 0 Å². The molecule has 4 heteroatoms. The van der Waals surface area contributed by atoms with Crippen molar-refractivity contribution in [3.8, 4) is 5.75 Å². The van der Waals surface area contributed by atoms with Crippen LogP contribution in [0.3, 0.4) is 0 Å². The van der Waals surface area contributed by atoms with E-state index in [-0.39, 0.29) is 0 Å². The second kappa shape index (κ2) is 7.27. The Morgan fingerprint density at radius 2 is 1.86 bits per heavy atom. The second-order valence-corrected chi connectivity index (χ2v) is 5.74. The number of anilines is 1. The van der Waals surface area contributed by atoms with Crippen molar-refractivity contribution >= 4 is 5.82 Å². The van der Waals surface area contributed by atoms with E-state index in [0.29, 0.717) is 19.1 Å². The maximum Gasteiger partial charge on any atom is 0.138 e. The Morgan fingerprint density at radius 3 is 2.50 bits per heavy atom. The van der Waals surface area contributed by atoms with Crippen LogP contribution in [0.4, 0.5) is 5.82 Å². The van der Waals surface area contributed by atoms with Gasteiger partial charge in [0.1, 0.15) is 18.2 Å². The minimum atomic E-state index is 0.299. The summed E-state index contributed by atoms with van der Waals surface area (Å²) in [5, 5.41) is 9.19. The molecule has 2 heterocycles. The zero-order valence-electron chi connectivity index (χ0n) is 12.7. The van der Waals surface area contributed by atoms with Crippen molar-refractivity contribution < 1.29 is 9.84 Å². The topological polar surface area (TPSA) is 45.6 Å². The summed E-state index contributed by atoms with van der Waals surface area (Å²) in [6.45, 7) is 2.78. The molecule has 0 unspecified atom stereocenters. The lowest BCUT2D eigenvalue weighted by molar-refractivity contribution is 0.203. The van der Waals surface area contributed by atoms with E-state index in [2.05, 4.69) is 9.88 Å². The van der Waals surface area contributed by atoms with Gasteiger partial charge in [0.15, 0.2) is 0 Å². The number of piperidine rings is 1. The van der Waals surface area contributed by atoms with E-state index in [1.165, 1.54) is 0 Å². The van der Waals surface area contributed by atoms with Crippen molar-refractivity contribution in [3.05, 3.63) is 54.2 Å². The van der Waals surface area contributed by atoms with Gasteiger partial charge in [-0.1, -0.05) is 30.3 Å². The van der Waals surface area contributed by atoms with Crippen LogP contribution in [0.5, 0.6) is 5.75 Å². The fraction of sp³-hybridized carbons (Fsp3) is 0.389. The molecule has 1 aromatic heterocycles. The molecule has 0 spiro atoms. The lowest BCUT2D eigenvalue weighted by Crippen LogP contribution is -2.35. The first-order valence-corrected chi connectivity index (χ1v) is 7.84. The Morgan fingerprint density at radius 1 is 1.09 bits per heavy atom. The first-order valence-electron chi connectivity index (χ1n) is 7.84. The van der Waals surface area contributed by atoms with Crippen molar-refractivity contribution in [1.29, 1.82) is 0 Å². The zero-order valence-corrected chi connectivity index (χ0v) is 12.7. The molecule has 1 aromatic carbocycles. The summed E-state index contributed by atoms with van der Waals surface area (Å²) >= 11 is 0. The van der Waals surface area contributed by atoms with Gasteiger partial charge in [0.05, 0.1) is 6.20 Å². The van der Waals surface area contributed by atoms with Crippen molar-refractivity contribution in [2.45, 2.75) is 19.4 Å². The number of ether oxygens (including phenoxy) is 1. The molecule has 0 atom stereocenters. The van der Waals surface area contributed by atoms with Gasteiger partial charge < -0.3 is 14.7 Å².